The van der Waals surface area contributed by atoms with E-state index in [9.17, 15) is 0 Å². The molecule has 2 heterocycles. The normalized spacial score (nSPS) is 13.4. The van der Waals surface area contributed by atoms with E-state index in [1.54, 1.807) is 18.4 Å². The molecule has 5 rings (SSSR count). The van der Waals surface area contributed by atoms with Crippen LogP contribution in [0.5, 0.6) is 11.5 Å². The molecule has 0 spiro atoms. The van der Waals surface area contributed by atoms with Crippen molar-refractivity contribution in [2.75, 3.05) is 7.11 Å². The highest BCUT2D eigenvalue weighted by atomic mass is 32.1. The summed E-state index contributed by atoms with van der Waals surface area (Å²) in [5.74, 6) is 3.15. The van der Waals surface area contributed by atoms with E-state index < -0.39 is 0 Å². The topological polar surface area (TPSA) is 70.3 Å². The third-order valence-electron chi connectivity index (χ3n) is 4.78. The molecule has 0 atom stereocenters. The van der Waals surface area contributed by atoms with E-state index in [0.717, 1.165) is 22.6 Å². The monoisotopic (exact) mass is 405 g/mol. The molecule has 1 fully saturated rings. The third-order valence-corrected chi connectivity index (χ3v) is 5.78. The predicted molar refractivity (Wildman–Crippen MR) is 110 cm³/mol. The molecular formula is C22H19N3O3S. The Kier molecular flexibility index (Phi) is 4.73. The van der Waals surface area contributed by atoms with E-state index in [0.29, 0.717) is 23.4 Å². The van der Waals surface area contributed by atoms with Crippen LogP contribution in [0.1, 0.15) is 29.7 Å². The summed E-state index contributed by atoms with van der Waals surface area (Å²) in [4.78, 5) is 9.18. The molecule has 2 aromatic carbocycles. The van der Waals surface area contributed by atoms with Crippen LogP contribution >= 0.6 is 11.3 Å². The van der Waals surface area contributed by atoms with Crippen molar-refractivity contribution >= 4 is 11.3 Å². The van der Waals surface area contributed by atoms with Crippen molar-refractivity contribution in [3.05, 3.63) is 64.8 Å². The molecule has 0 N–H and O–H groups in total. The number of nitrogens with zero attached hydrogens (tertiary/aromatic N) is 3. The van der Waals surface area contributed by atoms with Gasteiger partial charge in [-0.15, -0.1) is 11.3 Å². The molecule has 0 unspecified atom stereocenters. The fourth-order valence-electron chi connectivity index (χ4n) is 2.98. The van der Waals surface area contributed by atoms with Gasteiger partial charge in [0.15, 0.2) is 6.61 Å². The molecule has 7 heteroatoms. The van der Waals surface area contributed by atoms with Crippen LogP contribution in [-0.4, -0.2) is 22.2 Å². The van der Waals surface area contributed by atoms with Crippen LogP contribution < -0.4 is 9.47 Å². The minimum Gasteiger partial charge on any atom is -0.497 e. The lowest BCUT2D eigenvalue weighted by molar-refractivity contribution is 0.242. The second-order valence-corrected chi connectivity index (χ2v) is 7.79. The van der Waals surface area contributed by atoms with Crippen LogP contribution in [0, 0.1) is 0 Å². The van der Waals surface area contributed by atoms with E-state index in [4.69, 9.17) is 19.0 Å². The van der Waals surface area contributed by atoms with Crippen molar-refractivity contribution in [1.82, 2.24) is 15.1 Å². The average molecular weight is 405 g/mol. The highest BCUT2D eigenvalue weighted by Gasteiger charge is 2.26. The van der Waals surface area contributed by atoms with Gasteiger partial charge in [-0.05, 0) is 37.1 Å². The largest absolute Gasteiger partial charge is 0.497 e. The van der Waals surface area contributed by atoms with Crippen molar-refractivity contribution in [3.8, 4) is 34.1 Å². The Morgan fingerprint density at radius 1 is 0.966 bits per heavy atom. The Morgan fingerprint density at radius 3 is 2.41 bits per heavy atom. The Labute approximate surface area is 172 Å². The van der Waals surface area contributed by atoms with E-state index in [-0.39, 0.29) is 6.61 Å². The fraction of sp³-hybridized carbons (Fsp3) is 0.227. The van der Waals surface area contributed by atoms with E-state index in [2.05, 4.69) is 15.5 Å². The van der Waals surface area contributed by atoms with Gasteiger partial charge in [-0.25, -0.2) is 4.98 Å². The number of aromatic nitrogens is 3. The highest BCUT2D eigenvalue weighted by Crippen LogP contribution is 2.42. The van der Waals surface area contributed by atoms with Crippen molar-refractivity contribution in [2.24, 2.45) is 0 Å². The molecule has 1 aliphatic rings. The Hall–Kier alpha value is -3.19. The van der Waals surface area contributed by atoms with Crippen molar-refractivity contribution in [3.63, 3.8) is 0 Å². The first-order valence-corrected chi connectivity index (χ1v) is 10.3. The summed E-state index contributed by atoms with van der Waals surface area (Å²) in [6.45, 7) is 0.209. The van der Waals surface area contributed by atoms with Gasteiger partial charge < -0.3 is 14.0 Å². The van der Waals surface area contributed by atoms with Crippen molar-refractivity contribution in [2.45, 2.75) is 25.4 Å². The summed E-state index contributed by atoms with van der Waals surface area (Å²) in [6, 6.07) is 15.4. The highest BCUT2D eigenvalue weighted by molar-refractivity contribution is 7.10. The minimum atomic E-state index is 0.209. The standard InChI is InChI=1S/C22H19N3O3S/c1-26-17-8-10-18(11-9-17)27-12-20-24-21(25-28-20)15-4-2-14(3-5-15)19-13-29-22(23-19)16-6-7-16/h2-5,8-11,13,16H,6-7,12H2,1H3. The number of benzene rings is 2. The number of thiazole rings is 1. The first-order valence-electron chi connectivity index (χ1n) is 9.44. The van der Waals surface area contributed by atoms with Gasteiger partial charge in [-0.3, -0.25) is 0 Å². The number of hydrogen-bond donors (Lipinski definition) is 0. The second-order valence-electron chi connectivity index (χ2n) is 6.90. The number of ether oxygens (including phenoxy) is 2. The number of hydrogen-bond acceptors (Lipinski definition) is 7. The Morgan fingerprint density at radius 2 is 1.69 bits per heavy atom. The molecule has 0 radical (unpaired) electrons. The van der Waals surface area contributed by atoms with Crippen LogP contribution in [0.25, 0.3) is 22.6 Å². The molecule has 0 bridgehead atoms. The third kappa shape index (κ3) is 4.00. The lowest BCUT2D eigenvalue weighted by atomic mass is 10.1. The van der Waals surface area contributed by atoms with Gasteiger partial charge in [-0.2, -0.15) is 4.98 Å². The number of rotatable bonds is 7. The zero-order valence-electron chi connectivity index (χ0n) is 15.9. The van der Waals surface area contributed by atoms with Gasteiger partial charge in [0.2, 0.25) is 5.82 Å². The van der Waals surface area contributed by atoms with Gasteiger partial charge in [-0.1, -0.05) is 29.4 Å². The molecule has 0 aliphatic heterocycles. The Bertz CT molecular complexity index is 1100. The summed E-state index contributed by atoms with van der Waals surface area (Å²) in [5, 5.41) is 7.45. The molecule has 1 saturated carbocycles. The SMILES string of the molecule is COc1ccc(OCc2nc(-c3ccc(-c4csc(C5CC5)n4)cc3)no2)cc1. The van der Waals surface area contributed by atoms with Crippen LogP contribution in [0.3, 0.4) is 0 Å². The molecule has 4 aromatic rings. The van der Waals surface area contributed by atoms with Crippen LogP contribution in [0.2, 0.25) is 0 Å². The van der Waals surface area contributed by atoms with E-state index >= 15 is 0 Å². The minimum absolute atomic E-state index is 0.209. The molecule has 0 amide bonds. The van der Waals surface area contributed by atoms with Crippen LogP contribution in [0.15, 0.2) is 58.4 Å². The molecular weight excluding hydrogens is 386 g/mol. The predicted octanol–water partition coefficient (Wildman–Crippen LogP) is 5.33. The number of methoxy groups -OCH3 is 1. The molecule has 6 nitrogen and oxygen atoms in total. The summed E-state index contributed by atoms with van der Waals surface area (Å²) < 4.78 is 16.1. The smallest absolute Gasteiger partial charge is 0.264 e. The van der Waals surface area contributed by atoms with Crippen LogP contribution in [-0.2, 0) is 6.61 Å². The lowest BCUT2D eigenvalue weighted by Crippen LogP contribution is -1.95. The molecule has 1 aliphatic carbocycles. The quantitative estimate of drug-likeness (QED) is 0.414. The zero-order valence-corrected chi connectivity index (χ0v) is 16.7. The first kappa shape index (κ1) is 17.9. The lowest BCUT2D eigenvalue weighted by Gasteiger charge is -2.04. The van der Waals surface area contributed by atoms with Crippen LogP contribution in [0.4, 0.5) is 0 Å². The van der Waals surface area contributed by atoms with Crippen molar-refractivity contribution < 1.29 is 14.0 Å². The maximum atomic E-state index is 5.69. The van der Waals surface area contributed by atoms with Gasteiger partial charge in [0.05, 0.1) is 17.8 Å². The van der Waals surface area contributed by atoms with Gasteiger partial charge >= 0.3 is 0 Å². The maximum absolute atomic E-state index is 5.69. The van der Waals surface area contributed by atoms with E-state index in [1.807, 2.05) is 48.5 Å². The van der Waals surface area contributed by atoms with Gasteiger partial charge in [0.25, 0.3) is 5.89 Å². The molecule has 2 aromatic heterocycles. The average Bonchev–Trinajstić information content (AvgIpc) is 3.31. The summed E-state index contributed by atoms with van der Waals surface area (Å²) >= 11 is 1.75. The van der Waals surface area contributed by atoms with Crippen molar-refractivity contribution in [1.29, 1.82) is 0 Å². The van der Waals surface area contributed by atoms with Gasteiger partial charge in [0, 0.05) is 22.4 Å². The van der Waals surface area contributed by atoms with Gasteiger partial charge in [0.1, 0.15) is 11.5 Å². The molecule has 29 heavy (non-hydrogen) atoms. The first-order chi connectivity index (χ1) is 14.3. The second kappa shape index (κ2) is 7.67. The summed E-state index contributed by atoms with van der Waals surface area (Å²) in [7, 11) is 1.63. The molecule has 146 valence electrons. The summed E-state index contributed by atoms with van der Waals surface area (Å²) in [5.41, 5.74) is 3.03. The Balaban J connectivity index is 1.24. The fourth-order valence-corrected chi connectivity index (χ4v) is 3.98. The van der Waals surface area contributed by atoms with E-state index in [1.165, 1.54) is 17.8 Å². The zero-order chi connectivity index (χ0) is 19.6. The molecule has 0 saturated heterocycles. The maximum Gasteiger partial charge on any atom is 0.264 e. The summed E-state index contributed by atoms with van der Waals surface area (Å²) in [6.07, 6.45) is 2.54.